The predicted octanol–water partition coefficient (Wildman–Crippen LogP) is 3.90. The van der Waals surface area contributed by atoms with Crippen LogP contribution in [0.4, 0.5) is 5.13 Å². The highest BCUT2D eigenvalue weighted by Gasteiger charge is 2.59. The van der Waals surface area contributed by atoms with Gasteiger partial charge >= 0.3 is 0 Å². The summed E-state index contributed by atoms with van der Waals surface area (Å²) in [5.41, 5.74) is 3.10. The lowest BCUT2D eigenvalue weighted by atomic mass is 9.85. The molecule has 2 bridgehead atoms. The Bertz CT molecular complexity index is 1030. The molecule has 2 fully saturated rings. The molecule has 1 aromatic heterocycles. The zero-order valence-electron chi connectivity index (χ0n) is 17.4. The minimum absolute atomic E-state index is 0.148. The van der Waals surface area contributed by atoms with Gasteiger partial charge in [-0.25, -0.2) is 4.98 Å². The van der Waals surface area contributed by atoms with Gasteiger partial charge in [-0.3, -0.25) is 19.3 Å². The van der Waals surface area contributed by atoms with Crippen molar-refractivity contribution in [2.24, 2.45) is 23.7 Å². The van der Waals surface area contributed by atoms with Gasteiger partial charge in [0.2, 0.25) is 17.7 Å². The largest absolute Gasteiger partial charge is 0.300 e. The first-order valence-corrected chi connectivity index (χ1v) is 11.8. The monoisotopic (exact) mass is 435 g/mol. The van der Waals surface area contributed by atoms with Crippen molar-refractivity contribution in [2.45, 2.75) is 32.6 Å². The van der Waals surface area contributed by atoms with Gasteiger partial charge in [-0.15, -0.1) is 11.3 Å². The molecule has 0 radical (unpaired) electrons. The normalized spacial score (nSPS) is 26.0. The molecule has 2 heterocycles. The lowest BCUT2D eigenvalue weighted by Gasteiger charge is -2.16. The molecule has 31 heavy (non-hydrogen) atoms. The lowest BCUT2D eigenvalue weighted by Crippen LogP contribution is -2.39. The summed E-state index contributed by atoms with van der Waals surface area (Å²) >= 11 is 1.34. The van der Waals surface area contributed by atoms with E-state index in [1.165, 1.54) is 29.7 Å². The maximum absolute atomic E-state index is 12.7. The van der Waals surface area contributed by atoms with Gasteiger partial charge in [0.1, 0.15) is 6.54 Å². The molecule has 4 unspecified atom stereocenters. The zero-order valence-corrected chi connectivity index (χ0v) is 18.2. The number of aryl methyl sites for hydroxylation is 1. The van der Waals surface area contributed by atoms with Crippen LogP contribution in [-0.4, -0.2) is 34.2 Å². The van der Waals surface area contributed by atoms with E-state index in [9.17, 15) is 14.4 Å². The number of anilines is 1. The molecule has 160 valence electrons. The Kier molecular flexibility index (Phi) is 5.22. The van der Waals surface area contributed by atoms with Crippen LogP contribution in [0.1, 0.15) is 31.7 Å². The Balaban J connectivity index is 1.21. The van der Waals surface area contributed by atoms with Crippen LogP contribution < -0.4 is 5.32 Å². The van der Waals surface area contributed by atoms with Gasteiger partial charge in [0, 0.05) is 10.9 Å². The summed E-state index contributed by atoms with van der Waals surface area (Å²) in [5, 5.41) is 5.12. The van der Waals surface area contributed by atoms with E-state index in [4.69, 9.17) is 0 Å². The number of unbranched alkanes of at least 4 members (excludes halogenated alkanes) is 1. The van der Waals surface area contributed by atoms with Crippen molar-refractivity contribution in [2.75, 3.05) is 11.9 Å². The zero-order chi connectivity index (χ0) is 21.5. The fraction of sp³-hybridized carbons (Fsp3) is 0.417. The van der Waals surface area contributed by atoms with Gasteiger partial charge in [0.25, 0.3) is 0 Å². The van der Waals surface area contributed by atoms with Crippen molar-refractivity contribution in [3.63, 3.8) is 0 Å². The third kappa shape index (κ3) is 3.61. The minimum Gasteiger partial charge on any atom is -0.300 e. The summed E-state index contributed by atoms with van der Waals surface area (Å²) in [4.78, 5) is 43.7. The number of imide groups is 1. The topological polar surface area (TPSA) is 79.4 Å². The summed E-state index contributed by atoms with van der Waals surface area (Å²) in [6.45, 7) is 1.94. The van der Waals surface area contributed by atoms with Crippen LogP contribution in [0.2, 0.25) is 0 Å². The smallest absolute Gasteiger partial charge is 0.246 e. The van der Waals surface area contributed by atoms with Crippen LogP contribution in [0.3, 0.4) is 0 Å². The van der Waals surface area contributed by atoms with E-state index in [0.29, 0.717) is 5.13 Å². The molecular formula is C24H25N3O3S. The average molecular weight is 436 g/mol. The third-order valence-electron chi connectivity index (χ3n) is 6.68. The first-order valence-electron chi connectivity index (χ1n) is 10.9. The molecule has 2 aromatic rings. The van der Waals surface area contributed by atoms with Crippen molar-refractivity contribution in [3.05, 3.63) is 47.4 Å². The molecule has 0 spiro atoms. The van der Waals surface area contributed by atoms with E-state index in [2.05, 4.69) is 29.4 Å². The number of hydrogen-bond donors (Lipinski definition) is 1. The van der Waals surface area contributed by atoms with Crippen molar-refractivity contribution < 1.29 is 14.4 Å². The van der Waals surface area contributed by atoms with Crippen LogP contribution in [0, 0.1) is 23.7 Å². The van der Waals surface area contributed by atoms with Gasteiger partial charge in [0.15, 0.2) is 5.13 Å². The average Bonchev–Trinajstić information content (AvgIpc) is 3.54. The Morgan fingerprint density at radius 1 is 1.13 bits per heavy atom. The second-order valence-electron chi connectivity index (χ2n) is 8.65. The number of benzene rings is 1. The molecule has 1 aliphatic heterocycles. The Morgan fingerprint density at radius 2 is 1.81 bits per heavy atom. The fourth-order valence-electron chi connectivity index (χ4n) is 5.11. The van der Waals surface area contributed by atoms with Crippen LogP contribution in [-0.2, 0) is 20.8 Å². The Labute approximate surface area is 185 Å². The number of thiazole rings is 1. The van der Waals surface area contributed by atoms with E-state index in [1.54, 1.807) is 0 Å². The first kappa shape index (κ1) is 20.1. The number of carbonyl (C=O) groups is 3. The molecule has 3 amide bonds. The van der Waals surface area contributed by atoms with Gasteiger partial charge in [-0.1, -0.05) is 49.8 Å². The summed E-state index contributed by atoms with van der Waals surface area (Å²) in [6, 6.07) is 8.33. The van der Waals surface area contributed by atoms with Crippen LogP contribution in [0.15, 0.2) is 41.8 Å². The molecule has 7 heteroatoms. The number of allylic oxidation sites excluding steroid dienone is 2. The van der Waals surface area contributed by atoms with Gasteiger partial charge < -0.3 is 5.32 Å². The second kappa shape index (κ2) is 8.04. The molecule has 1 saturated heterocycles. The first-order chi connectivity index (χ1) is 15.0. The van der Waals surface area contributed by atoms with Crippen LogP contribution >= 0.6 is 11.3 Å². The summed E-state index contributed by atoms with van der Waals surface area (Å²) < 4.78 is 0. The number of carbonyl (C=O) groups excluding carboxylic acids is 3. The molecule has 4 atom stereocenters. The number of nitrogens with one attached hydrogen (secondary N) is 1. The number of likely N-dealkylation sites (tertiary alicyclic amines) is 1. The predicted molar refractivity (Wildman–Crippen MR) is 119 cm³/mol. The summed E-state index contributed by atoms with van der Waals surface area (Å²) in [7, 11) is 0. The van der Waals surface area contributed by atoms with Crippen molar-refractivity contribution in [1.29, 1.82) is 0 Å². The van der Waals surface area contributed by atoms with Gasteiger partial charge in [0.05, 0.1) is 17.5 Å². The number of hydrogen-bond acceptors (Lipinski definition) is 5. The SMILES string of the molecule is CCCCc1ccc(-c2csc(NC(=O)CN3C(=O)C4C5C=CC(C5)C4C3=O)n2)cc1. The molecule has 1 aromatic carbocycles. The van der Waals surface area contributed by atoms with E-state index in [1.807, 2.05) is 29.7 Å². The number of nitrogens with zero attached hydrogens (tertiary/aromatic N) is 2. The number of fused-ring (bicyclic) bond motifs is 5. The van der Waals surface area contributed by atoms with Crippen LogP contribution in [0.25, 0.3) is 11.3 Å². The lowest BCUT2D eigenvalue weighted by molar-refractivity contribution is -0.143. The van der Waals surface area contributed by atoms with E-state index in [-0.39, 0.29) is 42.0 Å². The molecule has 1 N–H and O–H groups in total. The maximum atomic E-state index is 12.7. The molecular weight excluding hydrogens is 410 g/mol. The standard InChI is InChI=1S/C24H25N3O3S/c1-2-3-4-14-5-7-15(8-6-14)18-13-31-24(25-18)26-19(28)12-27-22(29)20-16-9-10-17(11-16)21(20)23(27)30/h5-10,13,16-17,20-21H,2-4,11-12H2,1H3,(H,25,26,28). The van der Waals surface area contributed by atoms with Crippen molar-refractivity contribution in [1.82, 2.24) is 9.88 Å². The summed E-state index contributed by atoms with van der Waals surface area (Å²) in [6.07, 6.45) is 8.40. The molecule has 2 aliphatic carbocycles. The molecule has 5 rings (SSSR count). The number of amides is 3. The van der Waals surface area contributed by atoms with Crippen LogP contribution in [0.5, 0.6) is 0 Å². The molecule has 1 saturated carbocycles. The molecule has 6 nitrogen and oxygen atoms in total. The third-order valence-corrected chi connectivity index (χ3v) is 7.44. The Morgan fingerprint density at radius 3 is 2.45 bits per heavy atom. The quantitative estimate of drug-likeness (QED) is 0.528. The van der Waals surface area contributed by atoms with E-state index in [0.717, 1.165) is 29.0 Å². The fourth-order valence-corrected chi connectivity index (χ4v) is 5.84. The van der Waals surface area contributed by atoms with Gasteiger partial charge in [-0.05, 0) is 36.7 Å². The second-order valence-corrected chi connectivity index (χ2v) is 9.51. The van der Waals surface area contributed by atoms with Gasteiger partial charge in [-0.2, -0.15) is 0 Å². The maximum Gasteiger partial charge on any atom is 0.246 e. The van der Waals surface area contributed by atoms with E-state index >= 15 is 0 Å². The highest BCUT2D eigenvalue weighted by atomic mass is 32.1. The minimum atomic E-state index is -0.391. The van der Waals surface area contributed by atoms with E-state index < -0.39 is 5.91 Å². The highest BCUT2D eigenvalue weighted by Crippen LogP contribution is 2.52. The molecule has 3 aliphatic rings. The van der Waals surface area contributed by atoms with Crippen molar-refractivity contribution in [3.8, 4) is 11.3 Å². The Hall–Kier alpha value is -2.80. The van der Waals surface area contributed by atoms with Crippen molar-refractivity contribution >= 4 is 34.2 Å². The number of rotatable bonds is 7. The number of aromatic nitrogens is 1. The highest BCUT2D eigenvalue weighted by molar-refractivity contribution is 7.14. The summed E-state index contributed by atoms with van der Waals surface area (Å²) in [5.74, 6) is -1.05.